The third kappa shape index (κ3) is 2.20. The summed E-state index contributed by atoms with van der Waals surface area (Å²) >= 11 is 12.1. The fraction of sp³-hybridized carbons (Fsp3) is 0.125. The van der Waals surface area contributed by atoms with Crippen molar-refractivity contribution >= 4 is 34.2 Å². The average molecular weight is 307 g/mol. The highest BCUT2D eigenvalue weighted by atomic mass is 35.5. The van der Waals surface area contributed by atoms with Crippen LogP contribution in [0.3, 0.4) is 0 Å². The molecule has 1 atom stereocenters. The Morgan fingerprint density at radius 2 is 1.80 bits per heavy atom. The molecule has 0 amide bonds. The normalized spacial score (nSPS) is 14.4. The van der Waals surface area contributed by atoms with Crippen LogP contribution in [0.2, 0.25) is 10.0 Å². The molecule has 0 saturated carbocycles. The molecule has 0 bridgehead atoms. The molecule has 1 unspecified atom stereocenters. The van der Waals surface area contributed by atoms with E-state index in [2.05, 4.69) is 0 Å². The lowest BCUT2D eigenvalue weighted by atomic mass is 9.93. The minimum Gasteiger partial charge on any atom is -0.456 e. The summed E-state index contributed by atoms with van der Waals surface area (Å²) in [4.78, 5) is 0. The van der Waals surface area contributed by atoms with Crippen LogP contribution in [0.15, 0.2) is 52.9 Å². The molecular formula is C16H12Cl2O2. The highest BCUT2D eigenvalue weighted by molar-refractivity contribution is 6.34. The number of hydrogen-bond donors (Lipinski definition) is 1. The van der Waals surface area contributed by atoms with Crippen LogP contribution < -0.4 is 0 Å². The lowest BCUT2D eigenvalue weighted by Crippen LogP contribution is -2.21. The van der Waals surface area contributed by atoms with Crippen LogP contribution >= 0.6 is 23.2 Å². The van der Waals surface area contributed by atoms with Gasteiger partial charge in [0.2, 0.25) is 0 Å². The maximum Gasteiger partial charge on any atom is 0.153 e. The second-order valence-electron chi connectivity index (χ2n) is 4.85. The van der Waals surface area contributed by atoms with Gasteiger partial charge < -0.3 is 9.52 Å². The van der Waals surface area contributed by atoms with Crippen LogP contribution in [0.5, 0.6) is 0 Å². The summed E-state index contributed by atoms with van der Waals surface area (Å²) in [6.45, 7) is 1.67. The molecule has 2 aromatic carbocycles. The van der Waals surface area contributed by atoms with E-state index in [1.54, 1.807) is 43.3 Å². The molecule has 1 heterocycles. The molecule has 2 nitrogen and oxygen atoms in total. The summed E-state index contributed by atoms with van der Waals surface area (Å²) in [6.07, 6.45) is 0. The molecule has 0 spiro atoms. The SMILES string of the molecule is CC(O)(c1cccc(Cl)c1)c1cc2cccc(Cl)c2o1. The van der Waals surface area contributed by atoms with Gasteiger partial charge >= 0.3 is 0 Å². The second-order valence-corrected chi connectivity index (χ2v) is 5.70. The zero-order chi connectivity index (χ0) is 14.3. The molecule has 102 valence electrons. The Kier molecular flexibility index (Phi) is 3.25. The van der Waals surface area contributed by atoms with Crippen molar-refractivity contribution in [3.05, 3.63) is 69.9 Å². The van der Waals surface area contributed by atoms with Gasteiger partial charge in [0.05, 0.1) is 5.02 Å². The number of benzene rings is 2. The van der Waals surface area contributed by atoms with E-state index in [-0.39, 0.29) is 0 Å². The van der Waals surface area contributed by atoms with Crippen molar-refractivity contribution in [2.24, 2.45) is 0 Å². The first-order chi connectivity index (χ1) is 9.48. The molecule has 1 N–H and O–H groups in total. The minimum atomic E-state index is -1.27. The van der Waals surface area contributed by atoms with E-state index in [0.717, 1.165) is 5.39 Å². The molecule has 1 aromatic heterocycles. The predicted molar refractivity (Wildman–Crippen MR) is 81.3 cm³/mol. The van der Waals surface area contributed by atoms with Crippen molar-refractivity contribution in [1.82, 2.24) is 0 Å². The fourth-order valence-corrected chi connectivity index (χ4v) is 2.61. The van der Waals surface area contributed by atoms with Gasteiger partial charge in [-0.15, -0.1) is 0 Å². The zero-order valence-electron chi connectivity index (χ0n) is 10.7. The van der Waals surface area contributed by atoms with Crippen LogP contribution in [0.4, 0.5) is 0 Å². The number of fused-ring (bicyclic) bond motifs is 1. The molecule has 3 aromatic rings. The van der Waals surface area contributed by atoms with Crippen LogP contribution in [0, 0.1) is 0 Å². The van der Waals surface area contributed by atoms with Gasteiger partial charge in [0.15, 0.2) is 5.58 Å². The molecule has 0 radical (unpaired) electrons. The Morgan fingerprint density at radius 1 is 1.05 bits per heavy atom. The molecule has 20 heavy (non-hydrogen) atoms. The maximum absolute atomic E-state index is 10.8. The van der Waals surface area contributed by atoms with E-state index in [1.165, 1.54) is 0 Å². The first kappa shape index (κ1) is 13.5. The van der Waals surface area contributed by atoms with Gasteiger partial charge in [-0.25, -0.2) is 0 Å². The first-order valence-electron chi connectivity index (χ1n) is 6.15. The molecule has 3 rings (SSSR count). The van der Waals surface area contributed by atoms with E-state index in [1.807, 2.05) is 12.1 Å². The van der Waals surface area contributed by atoms with Crippen LogP contribution in [-0.4, -0.2) is 5.11 Å². The monoisotopic (exact) mass is 306 g/mol. The Labute approximate surface area is 126 Å². The fourth-order valence-electron chi connectivity index (χ4n) is 2.20. The number of halogens is 2. The highest BCUT2D eigenvalue weighted by Crippen LogP contribution is 2.36. The Balaban J connectivity index is 2.16. The Bertz CT molecular complexity index is 775. The van der Waals surface area contributed by atoms with Crippen molar-refractivity contribution in [1.29, 1.82) is 0 Å². The second kappa shape index (κ2) is 4.81. The molecule has 0 aliphatic rings. The third-order valence-electron chi connectivity index (χ3n) is 3.36. The highest BCUT2D eigenvalue weighted by Gasteiger charge is 2.30. The standard InChI is InChI=1S/C16H12Cl2O2/c1-16(19,11-5-3-6-12(17)9-11)14-8-10-4-2-7-13(18)15(10)20-14/h2-9,19H,1H3. The summed E-state index contributed by atoms with van der Waals surface area (Å²) in [5, 5.41) is 12.7. The van der Waals surface area contributed by atoms with Crippen molar-refractivity contribution in [2.75, 3.05) is 0 Å². The van der Waals surface area contributed by atoms with Gasteiger partial charge in [-0.2, -0.15) is 0 Å². The molecule has 0 aliphatic carbocycles. The molecule has 0 saturated heterocycles. The van der Waals surface area contributed by atoms with Gasteiger partial charge in [0.25, 0.3) is 0 Å². The van der Waals surface area contributed by atoms with Crippen molar-refractivity contribution in [3.63, 3.8) is 0 Å². The van der Waals surface area contributed by atoms with Gasteiger partial charge in [0.1, 0.15) is 11.4 Å². The Morgan fingerprint density at radius 3 is 2.50 bits per heavy atom. The van der Waals surface area contributed by atoms with E-state index in [0.29, 0.717) is 27.0 Å². The smallest absolute Gasteiger partial charge is 0.153 e. The van der Waals surface area contributed by atoms with Crippen molar-refractivity contribution in [2.45, 2.75) is 12.5 Å². The summed E-state index contributed by atoms with van der Waals surface area (Å²) < 4.78 is 5.73. The number of aliphatic hydroxyl groups is 1. The predicted octanol–water partition coefficient (Wildman–Crippen LogP) is 5.00. The van der Waals surface area contributed by atoms with E-state index in [9.17, 15) is 5.11 Å². The Hall–Kier alpha value is -1.48. The van der Waals surface area contributed by atoms with E-state index < -0.39 is 5.60 Å². The summed E-state index contributed by atoms with van der Waals surface area (Å²) in [5.74, 6) is 0.433. The number of hydrogen-bond acceptors (Lipinski definition) is 2. The minimum absolute atomic E-state index is 0.433. The van der Waals surface area contributed by atoms with Crippen molar-refractivity contribution < 1.29 is 9.52 Å². The van der Waals surface area contributed by atoms with Gasteiger partial charge in [-0.1, -0.05) is 47.5 Å². The maximum atomic E-state index is 10.8. The van der Waals surface area contributed by atoms with Crippen LogP contribution in [0.25, 0.3) is 11.0 Å². The largest absolute Gasteiger partial charge is 0.456 e. The average Bonchev–Trinajstić information content (AvgIpc) is 2.85. The van der Waals surface area contributed by atoms with Gasteiger partial charge in [-0.05, 0) is 36.8 Å². The van der Waals surface area contributed by atoms with Crippen molar-refractivity contribution in [3.8, 4) is 0 Å². The topological polar surface area (TPSA) is 33.4 Å². The first-order valence-corrected chi connectivity index (χ1v) is 6.91. The van der Waals surface area contributed by atoms with E-state index >= 15 is 0 Å². The quantitative estimate of drug-likeness (QED) is 0.723. The van der Waals surface area contributed by atoms with Crippen LogP contribution in [-0.2, 0) is 5.60 Å². The zero-order valence-corrected chi connectivity index (χ0v) is 12.2. The molecule has 0 fully saturated rings. The summed E-state index contributed by atoms with van der Waals surface area (Å²) in [6, 6.07) is 14.4. The molecule has 0 aliphatic heterocycles. The van der Waals surface area contributed by atoms with E-state index in [4.69, 9.17) is 27.6 Å². The number of furan rings is 1. The van der Waals surface area contributed by atoms with Gasteiger partial charge in [-0.3, -0.25) is 0 Å². The van der Waals surface area contributed by atoms with Gasteiger partial charge in [0, 0.05) is 10.4 Å². The lowest BCUT2D eigenvalue weighted by Gasteiger charge is -2.21. The third-order valence-corrected chi connectivity index (χ3v) is 3.90. The number of rotatable bonds is 2. The molecule has 4 heteroatoms. The summed E-state index contributed by atoms with van der Waals surface area (Å²) in [5.41, 5.74) is -0.0283. The molecular weight excluding hydrogens is 295 g/mol. The summed E-state index contributed by atoms with van der Waals surface area (Å²) in [7, 11) is 0. The number of para-hydroxylation sites is 1. The van der Waals surface area contributed by atoms with Crippen LogP contribution in [0.1, 0.15) is 18.2 Å². The lowest BCUT2D eigenvalue weighted by molar-refractivity contribution is 0.0786.